The predicted molar refractivity (Wildman–Crippen MR) is 75.9 cm³/mol. The maximum atomic E-state index is 13.8. The molecule has 2 fully saturated rings. The maximum Gasteiger partial charge on any atom is 0.126 e. The molecule has 0 amide bonds. The molecular formula is C16H23FN2. The summed E-state index contributed by atoms with van der Waals surface area (Å²) in [5.74, 6) is 0.387. The molecule has 2 aliphatic heterocycles. The van der Waals surface area contributed by atoms with E-state index in [2.05, 4.69) is 16.8 Å². The lowest BCUT2D eigenvalue weighted by Crippen LogP contribution is -2.42. The molecule has 0 saturated carbocycles. The Morgan fingerprint density at radius 2 is 1.79 bits per heavy atom. The minimum Gasteiger partial charge on any atom is -0.305 e. The van der Waals surface area contributed by atoms with Gasteiger partial charge in [0, 0.05) is 12.6 Å². The molecule has 1 atom stereocenters. The number of nitrogens with zero attached hydrogens (tertiary/aromatic N) is 2. The molecule has 0 aliphatic carbocycles. The van der Waals surface area contributed by atoms with Crippen LogP contribution in [0.3, 0.4) is 0 Å². The highest BCUT2D eigenvalue weighted by molar-refractivity contribution is 5.22. The number of rotatable bonds is 2. The van der Waals surface area contributed by atoms with Crippen molar-refractivity contribution in [2.75, 3.05) is 33.2 Å². The Balaban J connectivity index is 1.59. The summed E-state index contributed by atoms with van der Waals surface area (Å²) in [7, 11) is 2.20. The number of benzene rings is 1. The molecule has 1 unspecified atom stereocenters. The third-order valence-corrected chi connectivity index (χ3v) is 4.76. The van der Waals surface area contributed by atoms with Gasteiger partial charge in [0.2, 0.25) is 0 Å². The van der Waals surface area contributed by atoms with Gasteiger partial charge in [-0.15, -0.1) is 0 Å². The third kappa shape index (κ3) is 2.82. The largest absolute Gasteiger partial charge is 0.305 e. The quantitative estimate of drug-likeness (QED) is 0.808. The highest BCUT2D eigenvalue weighted by atomic mass is 19.1. The van der Waals surface area contributed by atoms with Crippen molar-refractivity contribution in [1.82, 2.24) is 9.80 Å². The van der Waals surface area contributed by atoms with E-state index in [0.29, 0.717) is 5.92 Å². The third-order valence-electron chi connectivity index (χ3n) is 4.76. The predicted octanol–water partition coefficient (Wildman–Crippen LogP) is 2.71. The first kappa shape index (κ1) is 13.1. The van der Waals surface area contributed by atoms with Crippen molar-refractivity contribution in [2.45, 2.75) is 31.2 Å². The van der Waals surface area contributed by atoms with Crippen LogP contribution in [0.5, 0.6) is 0 Å². The van der Waals surface area contributed by atoms with Gasteiger partial charge in [0.1, 0.15) is 5.82 Å². The number of likely N-dealkylation sites (tertiary alicyclic amines) is 2. The molecule has 0 bridgehead atoms. The van der Waals surface area contributed by atoms with Gasteiger partial charge in [0.25, 0.3) is 0 Å². The van der Waals surface area contributed by atoms with Crippen LogP contribution >= 0.6 is 0 Å². The van der Waals surface area contributed by atoms with Crippen molar-refractivity contribution >= 4 is 0 Å². The van der Waals surface area contributed by atoms with Gasteiger partial charge in [-0.05, 0) is 63.5 Å². The summed E-state index contributed by atoms with van der Waals surface area (Å²) in [6.07, 6.45) is 3.49. The lowest BCUT2D eigenvalue weighted by atomic mass is 9.88. The van der Waals surface area contributed by atoms with Crippen molar-refractivity contribution in [1.29, 1.82) is 0 Å². The van der Waals surface area contributed by atoms with E-state index in [4.69, 9.17) is 0 Å². The number of halogens is 1. The molecule has 2 heterocycles. The Morgan fingerprint density at radius 1 is 1.05 bits per heavy atom. The number of likely N-dealkylation sites (N-methyl/N-ethyl adjacent to an activating group) is 1. The van der Waals surface area contributed by atoms with Crippen LogP contribution in [-0.4, -0.2) is 49.1 Å². The average Bonchev–Trinajstić information content (AvgIpc) is 2.86. The second-order valence-corrected chi connectivity index (χ2v) is 6.04. The molecule has 0 N–H and O–H groups in total. The minimum absolute atomic E-state index is 0.0263. The maximum absolute atomic E-state index is 13.8. The Bertz CT molecular complexity index is 427. The Morgan fingerprint density at radius 3 is 2.42 bits per heavy atom. The van der Waals surface area contributed by atoms with Gasteiger partial charge >= 0.3 is 0 Å². The summed E-state index contributed by atoms with van der Waals surface area (Å²) in [4.78, 5) is 5.02. The fourth-order valence-corrected chi connectivity index (χ4v) is 3.59. The molecule has 3 heteroatoms. The summed E-state index contributed by atoms with van der Waals surface area (Å²) in [5.41, 5.74) is 0.922. The van der Waals surface area contributed by atoms with E-state index in [9.17, 15) is 4.39 Å². The van der Waals surface area contributed by atoms with Gasteiger partial charge in [-0.1, -0.05) is 18.2 Å². The van der Waals surface area contributed by atoms with E-state index in [0.717, 1.165) is 37.5 Å². The van der Waals surface area contributed by atoms with Crippen LogP contribution < -0.4 is 0 Å². The first-order valence-electron chi connectivity index (χ1n) is 7.41. The zero-order chi connectivity index (χ0) is 13.2. The highest BCUT2D eigenvalue weighted by Gasteiger charge is 2.30. The fraction of sp³-hybridized carbons (Fsp3) is 0.625. The molecule has 104 valence electrons. The Hall–Kier alpha value is -0.930. The first-order valence-corrected chi connectivity index (χ1v) is 7.41. The van der Waals surface area contributed by atoms with Gasteiger partial charge in [-0.25, -0.2) is 4.39 Å². The van der Waals surface area contributed by atoms with Gasteiger partial charge in [0.15, 0.2) is 0 Å². The van der Waals surface area contributed by atoms with E-state index in [1.165, 1.54) is 19.5 Å². The van der Waals surface area contributed by atoms with Crippen LogP contribution in [0.1, 0.15) is 30.7 Å². The smallest absolute Gasteiger partial charge is 0.126 e. The molecule has 2 saturated heterocycles. The number of hydrogen-bond donors (Lipinski definition) is 0. The normalized spacial score (nSPS) is 26.9. The standard InChI is InChI=1S/C16H23FN2/c1-18-9-8-14(12-18)19-10-6-13(7-11-19)15-4-2-3-5-16(15)17/h2-5,13-14H,6-12H2,1H3. The summed E-state index contributed by atoms with van der Waals surface area (Å²) in [5, 5.41) is 0. The Kier molecular flexibility index (Phi) is 3.85. The molecular weight excluding hydrogens is 239 g/mol. The van der Waals surface area contributed by atoms with E-state index >= 15 is 0 Å². The average molecular weight is 262 g/mol. The molecule has 0 spiro atoms. The van der Waals surface area contributed by atoms with Crippen LogP contribution in [0.2, 0.25) is 0 Å². The van der Waals surface area contributed by atoms with E-state index < -0.39 is 0 Å². The van der Waals surface area contributed by atoms with Crippen LogP contribution in [-0.2, 0) is 0 Å². The number of piperidine rings is 1. The summed E-state index contributed by atoms with van der Waals surface area (Å²) >= 11 is 0. The SMILES string of the molecule is CN1CCC(N2CCC(c3ccccc3F)CC2)C1. The lowest BCUT2D eigenvalue weighted by molar-refractivity contribution is 0.153. The van der Waals surface area contributed by atoms with Crippen LogP contribution in [0, 0.1) is 5.82 Å². The van der Waals surface area contributed by atoms with Crippen molar-refractivity contribution in [3.8, 4) is 0 Å². The molecule has 19 heavy (non-hydrogen) atoms. The van der Waals surface area contributed by atoms with Crippen molar-refractivity contribution in [2.24, 2.45) is 0 Å². The highest BCUT2D eigenvalue weighted by Crippen LogP contribution is 2.31. The van der Waals surface area contributed by atoms with Gasteiger partial charge < -0.3 is 4.90 Å². The van der Waals surface area contributed by atoms with Crippen LogP contribution in [0.15, 0.2) is 24.3 Å². The van der Waals surface area contributed by atoms with Crippen LogP contribution in [0.25, 0.3) is 0 Å². The van der Waals surface area contributed by atoms with Gasteiger partial charge in [0.05, 0.1) is 0 Å². The second-order valence-electron chi connectivity index (χ2n) is 6.04. The van der Waals surface area contributed by atoms with Crippen molar-refractivity contribution in [3.63, 3.8) is 0 Å². The summed E-state index contributed by atoms with van der Waals surface area (Å²) in [6, 6.07) is 8.01. The molecule has 1 aromatic carbocycles. The molecule has 2 aliphatic rings. The molecule has 0 aromatic heterocycles. The van der Waals surface area contributed by atoms with Crippen LogP contribution in [0.4, 0.5) is 4.39 Å². The molecule has 2 nitrogen and oxygen atoms in total. The van der Waals surface area contributed by atoms with Crippen molar-refractivity contribution < 1.29 is 4.39 Å². The van der Waals surface area contributed by atoms with Gasteiger partial charge in [-0.2, -0.15) is 0 Å². The fourth-order valence-electron chi connectivity index (χ4n) is 3.59. The zero-order valence-electron chi connectivity index (χ0n) is 11.7. The monoisotopic (exact) mass is 262 g/mol. The Labute approximate surface area is 115 Å². The molecule has 1 aromatic rings. The topological polar surface area (TPSA) is 6.48 Å². The first-order chi connectivity index (χ1) is 9.24. The minimum atomic E-state index is -0.0263. The van der Waals surface area contributed by atoms with E-state index in [1.54, 1.807) is 12.1 Å². The van der Waals surface area contributed by atoms with Gasteiger partial charge in [-0.3, -0.25) is 4.90 Å². The second kappa shape index (κ2) is 5.59. The van der Waals surface area contributed by atoms with E-state index in [1.807, 2.05) is 12.1 Å². The zero-order valence-corrected chi connectivity index (χ0v) is 11.7. The lowest BCUT2D eigenvalue weighted by Gasteiger charge is -2.36. The molecule has 3 rings (SSSR count). The summed E-state index contributed by atoms with van der Waals surface area (Å²) in [6.45, 7) is 4.66. The summed E-state index contributed by atoms with van der Waals surface area (Å²) < 4.78 is 13.8. The van der Waals surface area contributed by atoms with Crippen molar-refractivity contribution in [3.05, 3.63) is 35.6 Å². The van der Waals surface area contributed by atoms with E-state index in [-0.39, 0.29) is 5.82 Å². The number of hydrogen-bond acceptors (Lipinski definition) is 2. The molecule has 0 radical (unpaired) electrons.